The molecule has 1 N–H and O–H groups in total. The van der Waals surface area contributed by atoms with Gasteiger partial charge in [-0.05, 0) is 19.1 Å². The second-order valence-electron chi connectivity index (χ2n) is 5.49. The highest BCUT2D eigenvalue weighted by Gasteiger charge is 2.49. The summed E-state index contributed by atoms with van der Waals surface area (Å²) in [6, 6.07) is 8.08. The van der Waals surface area contributed by atoms with E-state index in [4.69, 9.17) is 0 Å². The van der Waals surface area contributed by atoms with Crippen molar-refractivity contribution in [2.24, 2.45) is 11.3 Å². The number of ketones is 1. The molecule has 1 aliphatic heterocycles. The first-order valence-electron chi connectivity index (χ1n) is 5.82. The number of Topliss-reactive ketones (excluding diaryl/α,β-unsaturated/α-hetero) is 1. The van der Waals surface area contributed by atoms with Gasteiger partial charge in [0.25, 0.3) is 0 Å². The summed E-state index contributed by atoms with van der Waals surface area (Å²) < 4.78 is 0. The minimum Gasteiger partial charge on any atom is -0.381 e. The van der Waals surface area contributed by atoms with Crippen LogP contribution in [0.1, 0.15) is 30.1 Å². The maximum atomic E-state index is 12.3. The van der Waals surface area contributed by atoms with Crippen molar-refractivity contribution in [2.45, 2.75) is 25.8 Å². The predicted octanol–water partition coefficient (Wildman–Crippen LogP) is 2.91. The fourth-order valence-corrected chi connectivity index (χ4v) is 3.08. The van der Waals surface area contributed by atoms with Crippen LogP contribution >= 0.6 is 0 Å². The van der Waals surface area contributed by atoms with Crippen LogP contribution in [0, 0.1) is 18.3 Å². The molecule has 3 unspecified atom stereocenters. The van der Waals surface area contributed by atoms with Gasteiger partial charge in [0.05, 0.1) is 6.92 Å². The SMILES string of the molecule is [CH2+]C1(C)CC2Nc3ccccc3C(=O)C2C1. The Morgan fingerprint density at radius 3 is 2.94 bits per heavy atom. The van der Waals surface area contributed by atoms with E-state index in [-0.39, 0.29) is 17.4 Å². The number of hydrogen-bond acceptors (Lipinski definition) is 2. The normalized spacial score (nSPS) is 36.4. The minimum absolute atomic E-state index is 0.0417. The third-order valence-corrected chi connectivity index (χ3v) is 3.78. The summed E-state index contributed by atoms with van der Waals surface area (Å²) in [6.45, 7) is 6.34. The minimum atomic E-state index is 0.0417. The number of rotatable bonds is 0. The Morgan fingerprint density at radius 2 is 2.12 bits per heavy atom. The van der Waals surface area contributed by atoms with Crippen molar-refractivity contribution >= 4 is 11.5 Å². The van der Waals surface area contributed by atoms with Crippen molar-refractivity contribution in [3.8, 4) is 0 Å². The standard InChI is InChI=1S/C14H15NO/c1-14(2)7-10-12(8-14)15-11-6-4-3-5-9(11)13(10)16/h3-6,10,12H,1,7-8H2,2H3/p+1. The second kappa shape index (κ2) is 3.03. The van der Waals surface area contributed by atoms with Gasteiger partial charge in [-0.1, -0.05) is 12.1 Å². The quantitative estimate of drug-likeness (QED) is 0.673. The van der Waals surface area contributed by atoms with Crippen molar-refractivity contribution in [3.63, 3.8) is 0 Å². The molecule has 82 valence electrons. The van der Waals surface area contributed by atoms with Gasteiger partial charge in [-0.25, -0.2) is 0 Å². The van der Waals surface area contributed by atoms with Crippen molar-refractivity contribution in [1.82, 2.24) is 0 Å². The molecule has 3 rings (SSSR count). The van der Waals surface area contributed by atoms with Crippen LogP contribution < -0.4 is 5.32 Å². The van der Waals surface area contributed by atoms with E-state index in [1.165, 1.54) is 0 Å². The number of carbonyl (C=O) groups excluding carboxylic acids is 1. The second-order valence-corrected chi connectivity index (χ2v) is 5.49. The average molecular weight is 214 g/mol. The lowest BCUT2D eigenvalue weighted by Crippen LogP contribution is -2.35. The first-order valence-corrected chi connectivity index (χ1v) is 5.82. The molecule has 2 heteroatoms. The first kappa shape index (κ1) is 9.76. The molecule has 3 atom stereocenters. The van der Waals surface area contributed by atoms with Crippen LogP contribution in [0.5, 0.6) is 0 Å². The molecule has 0 aromatic heterocycles. The Balaban J connectivity index is 2.01. The molecule has 2 nitrogen and oxygen atoms in total. The highest BCUT2D eigenvalue weighted by molar-refractivity contribution is 6.05. The monoisotopic (exact) mass is 214 g/mol. The van der Waals surface area contributed by atoms with E-state index in [1.807, 2.05) is 24.3 Å². The molecule has 16 heavy (non-hydrogen) atoms. The van der Waals surface area contributed by atoms with Crippen molar-refractivity contribution < 1.29 is 4.79 Å². The number of nitrogens with one attached hydrogen (secondary N) is 1. The molecule has 1 fully saturated rings. The Kier molecular flexibility index (Phi) is 1.85. The Labute approximate surface area is 96.1 Å². The largest absolute Gasteiger partial charge is 0.381 e. The number of carbonyl (C=O) groups is 1. The zero-order valence-electron chi connectivity index (χ0n) is 9.49. The van der Waals surface area contributed by atoms with Crippen molar-refractivity contribution in [2.75, 3.05) is 5.32 Å². The molecule has 0 radical (unpaired) electrons. The fraction of sp³-hybridized carbons (Fsp3) is 0.429. The summed E-state index contributed by atoms with van der Waals surface area (Å²) in [5.74, 6) is 0.420. The summed E-state index contributed by atoms with van der Waals surface area (Å²) in [4.78, 5) is 12.3. The summed E-state index contributed by atoms with van der Waals surface area (Å²) in [6.07, 6.45) is 1.88. The predicted molar refractivity (Wildman–Crippen MR) is 64.4 cm³/mol. The van der Waals surface area contributed by atoms with E-state index in [2.05, 4.69) is 19.2 Å². The molecular formula is C14H16NO+. The molecule has 0 spiro atoms. The summed E-state index contributed by atoms with van der Waals surface area (Å²) in [7, 11) is 0. The van der Waals surface area contributed by atoms with E-state index >= 15 is 0 Å². The molecule has 1 aliphatic carbocycles. The molecule has 1 heterocycles. The summed E-state index contributed by atoms with van der Waals surface area (Å²) in [5.41, 5.74) is 1.88. The lowest BCUT2D eigenvalue weighted by Gasteiger charge is -2.27. The summed E-state index contributed by atoms with van der Waals surface area (Å²) in [5, 5.41) is 3.48. The molecule has 1 aromatic rings. The average Bonchev–Trinajstić information content (AvgIpc) is 2.53. The molecule has 0 amide bonds. The van der Waals surface area contributed by atoms with Gasteiger partial charge < -0.3 is 5.32 Å². The topological polar surface area (TPSA) is 29.1 Å². The van der Waals surface area contributed by atoms with E-state index < -0.39 is 0 Å². The van der Waals surface area contributed by atoms with Crippen LogP contribution in [0.25, 0.3) is 0 Å². The van der Waals surface area contributed by atoms with Gasteiger partial charge >= 0.3 is 0 Å². The van der Waals surface area contributed by atoms with Crippen molar-refractivity contribution in [1.29, 1.82) is 0 Å². The Hall–Kier alpha value is -1.44. The fourth-order valence-electron chi connectivity index (χ4n) is 3.08. The number of hydrogen-bond donors (Lipinski definition) is 1. The number of para-hydroxylation sites is 1. The van der Waals surface area contributed by atoms with Gasteiger partial charge in [0.2, 0.25) is 0 Å². The van der Waals surface area contributed by atoms with Crippen LogP contribution in [-0.2, 0) is 0 Å². The molecule has 1 aromatic carbocycles. The smallest absolute Gasteiger partial charge is 0.170 e. The molecule has 2 aliphatic rings. The van der Waals surface area contributed by atoms with E-state index in [0.717, 1.165) is 24.1 Å². The summed E-state index contributed by atoms with van der Waals surface area (Å²) >= 11 is 0. The van der Waals surface area contributed by atoms with Crippen LogP contribution in [0.3, 0.4) is 0 Å². The first-order chi connectivity index (χ1) is 7.57. The number of fused-ring (bicyclic) bond motifs is 2. The zero-order chi connectivity index (χ0) is 11.3. The Morgan fingerprint density at radius 1 is 1.38 bits per heavy atom. The van der Waals surface area contributed by atoms with Crippen molar-refractivity contribution in [3.05, 3.63) is 36.8 Å². The van der Waals surface area contributed by atoms with Gasteiger partial charge in [-0.2, -0.15) is 0 Å². The van der Waals surface area contributed by atoms with Crippen LogP contribution in [0.15, 0.2) is 24.3 Å². The van der Waals surface area contributed by atoms with Crippen LogP contribution in [0.4, 0.5) is 5.69 Å². The number of benzene rings is 1. The van der Waals surface area contributed by atoms with Crippen LogP contribution in [0.2, 0.25) is 0 Å². The molecule has 1 saturated carbocycles. The Bertz CT molecular complexity index is 450. The number of anilines is 1. The van der Waals surface area contributed by atoms with Crippen LogP contribution in [-0.4, -0.2) is 11.8 Å². The lowest BCUT2D eigenvalue weighted by atomic mass is 9.86. The third kappa shape index (κ3) is 1.33. The maximum Gasteiger partial charge on any atom is 0.170 e. The molecule has 0 bridgehead atoms. The van der Waals surface area contributed by atoms with Gasteiger partial charge in [0, 0.05) is 36.1 Å². The van der Waals surface area contributed by atoms with Gasteiger partial charge in [0.1, 0.15) is 5.41 Å². The third-order valence-electron chi connectivity index (χ3n) is 3.78. The van der Waals surface area contributed by atoms with Gasteiger partial charge in [0.15, 0.2) is 5.78 Å². The van der Waals surface area contributed by atoms with Gasteiger partial charge in [-0.15, -0.1) is 0 Å². The lowest BCUT2D eigenvalue weighted by molar-refractivity contribution is 0.0906. The molecular weight excluding hydrogens is 198 g/mol. The van der Waals surface area contributed by atoms with E-state index in [1.54, 1.807) is 0 Å². The van der Waals surface area contributed by atoms with E-state index in [0.29, 0.717) is 5.78 Å². The van der Waals surface area contributed by atoms with E-state index in [9.17, 15) is 4.79 Å². The highest BCUT2D eigenvalue weighted by atomic mass is 16.1. The van der Waals surface area contributed by atoms with Gasteiger partial charge in [-0.3, -0.25) is 4.79 Å². The highest BCUT2D eigenvalue weighted by Crippen LogP contribution is 2.46. The molecule has 0 saturated heterocycles. The zero-order valence-corrected chi connectivity index (χ0v) is 9.49. The maximum absolute atomic E-state index is 12.3.